The average Bonchev–Trinajstić information content (AvgIpc) is 2.39. The van der Waals surface area contributed by atoms with Crippen LogP contribution in [0.3, 0.4) is 0 Å². The third-order valence-electron chi connectivity index (χ3n) is 3.43. The fourth-order valence-corrected chi connectivity index (χ4v) is 2.32. The zero-order chi connectivity index (χ0) is 13.1. The third kappa shape index (κ3) is 2.76. The van der Waals surface area contributed by atoms with Gasteiger partial charge in [-0.25, -0.2) is 9.97 Å². The van der Waals surface area contributed by atoms with Gasteiger partial charge in [-0.3, -0.25) is 4.90 Å². The second kappa shape index (κ2) is 5.58. The lowest BCUT2D eigenvalue weighted by Crippen LogP contribution is -2.51. The number of hydrogen-bond donors (Lipinski definition) is 1. The molecule has 0 amide bonds. The highest BCUT2D eigenvalue weighted by Crippen LogP contribution is 2.16. The SMILES string of the molecule is CCC1CN(c2nccc(C(N)=S)n2)CCN1C. The Bertz CT molecular complexity index is 436. The second-order valence-corrected chi connectivity index (χ2v) is 5.03. The van der Waals surface area contributed by atoms with E-state index in [1.165, 1.54) is 0 Å². The molecule has 2 rings (SSSR count). The minimum Gasteiger partial charge on any atom is -0.388 e. The van der Waals surface area contributed by atoms with E-state index in [0.29, 0.717) is 16.7 Å². The van der Waals surface area contributed by atoms with Crippen LogP contribution in [0.15, 0.2) is 12.3 Å². The summed E-state index contributed by atoms with van der Waals surface area (Å²) in [6, 6.07) is 2.30. The van der Waals surface area contributed by atoms with Crippen molar-refractivity contribution in [3.63, 3.8) is 0 Å². The van der Waals surface area contributed by atoms with Crippen LogP contribution in [0.4, 0.5) is 5.95 Å². The first kappa shape index (κ1) is 13.2. The molecule has 2 N–H and O–H groups in total. The van der Waals surface area contributed by atoms with Crippen LogP contribution in [-0.4, -0.2) is 52.6 Å². The monoisotopic (exact) mass is 265 g/mol. The molecular formula is C12H19N5S. The summed E-state index contributed by atoms with van der Waals surface area (Å²) in [4.78, 5) is 13.6. The summed E-state index contributed by atoms with van der Waals surface area (Å²) >= 11 is 4.95. The lowest BCUT2D eigenvalue weighted by Gasteiger charge is -2.39. The standard InChI is InChI=1S/C12H19N5S/c1-3-9-8-17(7-6-16(9)2)12-14-5-4-10(15-12)11(13)18/h4-5,9H,3,6-8H2,1-2H3,(H2,13,18). The van der Waals surface area contributed by atoms with Crippen LogP contribution >= 0.6 is 12.2 Å². The molecule has 6 heteroatoms. The van der Waals surface area contributed by atoms with Gasteiger partial charge in [-0.2, -0.15) is 0 Å². The van der Waals surface area contributed by atoms with E-state index in [1.54, 1.807) is 12.3 Å². The van der Waals surface area contributed by atoms with Crippen molar-refractivity contribution in [3.8, 4) is 0 Å². The van der Waals surface area contributed by atoms with Crippen LogP contribution in [-0.2, 0) is 0 Å². The molecule has 0 aliphatic carbocycles. The van der Waals surface area contributed by atoms with Crippen LogP contribution in [0.1, 0.15) is 19.0 Å². The van der Waals surface area contributed by atoms with Gasteiger partial charge in [-0.1, -0.05) is 19.1 Å². The van der Waals surface area contributed by atoms with Gasteiger partial charge < -0.3 is 10.6 Å². The summed E-state index contributed by atoms with van der Waals surface area (Å²) in [7, 11) is 2.16. The van der Waals surface area contributed by atoms with Gasteiger partial charge in [-0.15, -0.1) is 0 Å². The van der Waals surface area contributed by atoms with E-state index >= 15 is 0 Å². The van der Waals surface area contributed by atoms with E-state index in [1.807, 2.05) is 0 Å². The van der Waals surface area contributed by atoms with E-state index in [2.05, 4.69) is 33.7 Å². The molecule has 0 saturated carbocycles. The maximum Gasteiger partial charge on any atom is 0.226 e. The third-order valence-corrected chi connectivity index (χ3v) is 3.64. The van der Waals surface area contributed by atoms with Crippen molar-refractivity contribution < 1.29 is 0 Å². The number of hydrogen-bond acceptors (Lipinski definition) is 5. The molecule has 98 valence electrons. The molecule has 0 bridgehead atoms. The van der Waals surface area contributed by atoms with E-state index in [-0.39, 0.29) is 0 Å². The first-order chi connectivity index (χ1) is 8.61. The largest absolute Gasteiger partial charge is 0.388 e. The molecule has 1 unspecified atom stereocenters. The zero-order valence-electron chi connectivity index (χ0n) is 10.8. The highest BCUT2D eigenvalue weighted by Gasteiger charge is 2.24. The Balaban J connectivity index is 2.16. The van der Waals surface area contributed by atoms with Gasteiger partial charge in [-0.05, 0) is 19.5 Å². The van der Waals surface area contributed by atoms with Crippen LogP contribution in [0, 0.1) is 0 Å². The molecule has 5 nitrogen and oxygen atoms in total. The van der Waals surface area contributed by atoms with Gasteiger partial charge in [0.25, 0.3) is 0 Å². The summed E-state index contributed by atoms with van der Waals surface area (Å²) < 4.78 is 0. The van der Waals surface area contributed by atoms with Crippen LogP contribution in [0.5, 0.6) is 0 Å². The number of piperazine rings is 1. The summed E-state index contributed by atoms with van der Waals surface area (Å²) in [6.45, 7) is 5.12. The minimum atomic E-state index is 0.319. The van der Waals surface area contributed by atoms with Crippen molar-refractivity contribution in [3.05, 3.63) is 18.0 Å². The zero-order valence-corrected chi connectivity index (χ0v) is 11.7. The van der Waals surface area contributed by atoms with Gasteiger partial charge >= 0.3 is 0 Å². The summed E-state index contributed by atoms with van der Waals surface area (Å²) in [5.41, 5.74) is 6.24. The minimum absolute atomic E-state index is 0.319. The van der Waals surface area contributed by atoms with Gasteiger partial charge in [0, 0.05) is 31.9 Å². The summed E-state index contributed by atoms with van der Waals surface area (Å²) in [6.07, 6.45) is 2.85. The molecule has 1 aromatic rings. The Morgan fingerprint density at radius 2 is 2.33 bits per heavy atom. The maximum atomic E-state index is 5.60. The summed E-state index contributed by atoms with van der Waals surface area (Å²) in [5, 5.41) is 0. The van der Waals surface area contributed by atoms with Gasteiger partial charge in [0.15, 0.2) is 0 Å². The Hall–Kier alpha value is -1.27. The van der Waals surface area contributed by atoms with Crippen LogP contribution < -0.4 is 10.6 Å². The Morgan fingerprint density at radius 1 is 1.56 bits per heavy atom. The van der Waals surface area contributed by atoms with Crippen molar-refractivity contribution in [2.75, 3.05) is 31.6 Å². The van der Waals surface area contributed by atoms with Gasteiger partial charge in [0.1, 0.15) is 10.7 Å². The smallest absolute Gasteiger partial charge is 0.226 e. The molecule has 0 spiro atoms. The molecule has 1 saturated heterocycles. The number of thiocarbonyl (C=S) groups is 1. The number of likely N-dealkylation sites (N-methyl/N-ethyl adjacent to an activating group) is 1. The van der Waals surface area contributed by atoms with Gasteiger partial charge in [0.05, 0.1) is 0 Å². The van der Waals surface area contributed by atoms with Crippen LogP contribution in [0.2, 0.25) is 0 Å². The van der Waals surface area contributed by atoms with Crippen molar-refractivity contribution >= 4 is 23.2 Å². The lowest BCUT2D eigenvalue weighted by atomic mass is 10.1. The molecule has 0 radical (unpaired) electrons. The highest BCUT2D eigenvalue weighted by atomic mass is 32.1. The van der Waals surface area contributed by atoms with Crippen molar-refractivity contribution in [1.29, 1.82) is 0 Å². The van der Waals surface area contributed by atoms with Crippen LogP contribution in [0.25, 0.3) is 0 Å². The predicted octanol–water partition coefficient (Wildman–Crippen LogP) is 0.641. The highest BCUT2D eigenvalue weighted by molar-refractivity contribution is 7.80. The van der Waals surface area contributed by atoms with Crippen molar-refractivity contribution in [2.24, 2.45) is 5.73 Å². The van der Waals surface area contributed by atoms with E-state index in [9.17, 15) is 0 Å². The number of nitrogens with zero attached hydrogens (tertiary/aromatic N) is 4. The number of rotatable bonds is 3. The molecule has 1 aliphatic rings. The van der Waals surface area contributed by atoms with Gasteiger partial charge in [0.2, 0.25) is 5.95 Å². The fourth-order valence-electron chi connectivity index (χ4n) is 2.21. The molecule has 1 aromatic heterocycles. The van der Waals surface area contributed by atoms with E-state index in [0.717, 1.165) is 32.0 Å². The number of aromatic nitrogens is 2. The Kier molecular flexibility index (Phi) is 4.08. The quantitative estimate of drug-likeness (QED) is 0.810. The topological polar surface area (TPSA) is 58.3 Å². The Labute approximate surface area is 113 Å². The molecule has 2 heterocycles. The molecule has 18 heavy (non-hydrogen) atoms. The molecule has 1 fully saturated rings. The summed E-state index contributed by atoms with van der Waals surface area (Å²) in [5.74, 6) is 0.729. The number of nitrogens with two attached hydrogens (primary N) is 1. The first-order valence-corrected chi connectivity index (χ1v) is 6.60. The van der Waals surface area contributed by atoms with Crippen molar-refractivity contribution in [2.45, 2.75) is 19.4 Å². The molecule has 0 aromatic carbocycles. The maximum absolute atomic E-state index is 5.60. The van der Waals surface area contributed by atoms with E-state index in [4.69, 9.17) is 18.0 Å². The fraction of sp³-hybridized carbons (Fsp3) is 0.583. The molecule has 1 atom stereocenters. The first-order valence-electron chi connectivity index (χ1n) is 6.20. The lowest BCUT2D eigenvalue weighted by molar-refractivity contribution is 0.212. The van der Waals surface area contributed by atoms with E-state index < -0.39 is 0 Å². The van der Waals surface area contributed by atoms with Crippen molar-refractivity contribution in [1.82, 2.24) is 14.9 Å². The predicted molar refractivity (Wildman–Crippen MR) is 76.8 cm³/mol. The second-order valence-electron chi connectivity index (χ2n) is 4.59. The normalized spacial score (nSPS) is 21.0. The average molecular weight is 265 g/mol. The molecular weight excluding hydrogens is 246 g/mol. The Morgan fingerprint density at radius 3 is 3.00 bits per heavy atom. The molecule has 1 aliphatic heterocycles. The number of anilines is 1.